The Morgan fingerprint density at radius 2 is 0.972 bits per heavy atom. The van der Waals surface area contributed by atoms with E-state index in [1.54, 1.807) is 0 Å². The molecule has 9 rings (SSSR count). The summed E-state index contributed by atoms with van der Waals surface area (Å²) in [6.45, 7) is 0. The molecular weight excluding hydrogens is 434 g/mol. The summed E-state index contributed by atoms with van der Waals surface area (Å²) in [5.41, 5.74) is 6.40. The van der Waals surface area contributed by atoms with Crippen molar-refractivity contribution in [1.29, 1.82) is 0 Å². The predicted molar refractivity (Wildman–Crippen MR) is 154 cm³/mol. The summed E-state index contributed by atoms with van der Waals surface area (Å²) in [5.74, 6) is 0. The number of pyridine rings is 1. The number of aromatic nitrogens is 1. The van der Waals surface area contributed by atoms with Gasteiger partial charge in [0.05, 0.1) is 5.52 Å². The van der Waals surface area contributed by atoms with Crippen molar-refractivity contribution >= 4 is 64.8 Å². The third-order valence-electron chi connectivity index (χ3n) is 8.18. The van der Waals surface area contributed by atoms with Crippen molar-refractivity contribution in [2.45, 2.75) is 0 Å². The molecule has 1 nitrogen and oxygen atoms in total. The van der Waals surface area contributed by atoms with Crippen LogP contribution >= 0.6 is 0 Å². The molecule has 0 bridgehead atoms. The predicted octanol–water partition coefficient (Wildman–Crippen LogP) is 9.65. The van der Waals surface area contributed by atoms with Crippen molar-refractivity contribution in [2.75, 3.05) is 0 Å². The average molecular weight is 454 g/mol. The first kappa shape index (κ1) is 18.6. The van der Waals surface area contributed by atoms with Crippen LogP contribution in [0.4, 0.5) is 0 Å². The lowest BCUT2D eigenvalue weighted by molar-refractivity contribution is 1.42. The normalized spacial score (nSPS) is 12.4. The van der Waals surface area contributed by atoms with Gasteiger partial charge >= 0.3 is 0 Å². The SMILES string of the molecule is c1ccc2c(c1)ccc1c3ccc4ccccc4c3c3c(c21)-c1cccc2c1c-3cc1ncccc12. The van der Waals surface area contributed by atoms with E-state index in [1.807, 2.05) is 12.3 Å². The van der Waals surface area contributed by atoms with E-state index in [-0.39, 0.29) is 0 Å². The van der Waals surface area contributed by atoms with Crippen LogP contribution in [0.2, 0.25) is 0 Å². The molecule has 0 radical (unpaired) electrons. The molecule has 0 saturated heterocycles. The second kappa shape index (κ2) is 6.47. The lowest BCUT2D eigenvalue weighted by Gasteiger charge is -2.17. The zero-order chi connectivity index (χ0) is 23.4. The van der Waals surface area contributed by atoms with Gasteiger partial charge in [-0.05, 0) is 88.2 Å². The molecule has 1 aliphatic carbocycles. The van der Waals surface area contributed by atoms with Gasteiger partial charge in [-0.25, -0.2) is 0 Å². The van der Waals surface area contributed by atoms with Crippen molar-refractivity contribution < 1.29 is 0 Å². The zero-order valence-electron chi connectivity index (χ0n) is 19.4. The molecule has 0 aliphatic heterocycles. The second-order valence-corrected chi connectivity index (χ2v) is 9.89. The molecule has 8 aromatic rings. The highest BCUT2D eigenvalue weighted by atomic mass is 14.6. The second-order valence-electron chi connectivity index (χ2n) is 9.89. The first-order valence-corrected chi connectivity index (χ1v) is 12.5. The van der Waals surface area contributed by atoms with Crippen LogP contribution in [0.15, 0.2) is 115 Å². The van der Waals surface area contributed by atoms with E-state index < -0.39 is 0 Å². The molecular formula is C35H19N. The molecule has 0 N–H and O–H groups in total. The third kappa shape index (κ3) is 2.15. The minimum atomic E-state index is 1.05. The number of fused-ring (bicyclic) bond motifs is 14. The van der Waals surface area contributed by atoms with Gasteiger partial charge in [0.15, 0.2) is 0 Å². The molecule has 1 aromatic heterocycles. The monoisotopic (exact) mass is 453 g/mol. The van der Waals surface area contributed by atoms with Gasteiger partial charge < -0.3 is 0 Å². The molecule has 1 heterocycles. The van der Waals surface area contributed by atoms with Crippen molar-refractivity contribution in [3.63, 3.8) is 0 Å². The lowest BCUT2D eigenvalue weighted by Crippen LogP contribution is -1.89. The highest BCUT2D eigenvalue weighted by molar-refractivity contribution is 6.38. The number of hydrogen-bond acceptors (Lipinski definition) is 1. The van der Waals surface area contributed by atoms with E-state index in [1.165, 1.54) is 81.5 Å². The van der Waals surface area contributed by atoms with Crippen LogP contribution in [-0.2, 0) is 0 Å². The quantitative estimate of drug-likeness (QED) is 0.208. The van der Waals surface area contributed by atoms with Crippen LogP contribution < -0.4 is 0 Å². The molecule has 7 aromatic carbocycles. The van der Waals surface area contributed by atoms with E-state index in [9.17, 15) is 0 Å². The summed E-state index contributed by atoms with van der Waals surface area (Å²) in [6, 6.07) is 40.2. The lowest BCUT2D eigenvalue weighted by atomic mass is 9.85. The van der Waals surface area contributed by atoms with E-state index in [0.717, 1.165) is 5.52 Å². The van der Waals surface area contributed by atoms with Crippen molar-refractivity contribution in [3.8, 4) is 22.3 Å². The zero-order valence-corrected chi connectivity index (χ0v) is 19.4. The molecule has 1 aliphatic rings. The number of hydrogen-bond donors (Lipinski definition) is 0. The van der Waals surface area contributed by atoms with E-state index >= 15 is 0 Å². The van der Waals surface area contributed by atoms with Gasteiger partial charge in [-0.3, -0.25) is 4.98 Å². The van der Waals surface area contributed by atoms with Crippen LogP contribution in [0.5, 0.6) is 0 Å². The van der Waals surface area contributed by atoms with Crippen LogP contribution in [0.1, 0.15) is 0 Å². The highest BCUT2D eigenvalue weighted by Gasteiger charge is 2.29. The Bertz CT molecular complexity index is 2260. The fraction of sp³-hybridized carbons (Fsp3) is 0. The van der Waals surface area contributed by atoms with E-state index in [0.29, 0.717) is 0 Å². The topological polar surface area (TPSA) is 12.9 Å². The molecule has 0 saturated carbocycles. The first-order valence-electron chi connectivity index (χ1n) is 12.5. The Balaban J connectivity index is 1.67. The summed E-state index contributed by atoms with van der Waals surface area (Å²) < 4.78 is 0. The summed E-state index contributed by atoms with van der Waals surface area (Å²) in [4.78, 5) is 4.79. The maximum absolute atomic E-state index is 4.79. The summed E-state index contributed by atoms with van der Waals surface area (Å²) >= 11 is 0. The smallest absolute Gasteiger partial charge is 0.0714 e. The maximum atomic E-state index is 4.79. The van der Waals surface area contributed by atoms with Crippen molar-refractivity contribution in [1.82, 2.24) is 4.98 Å². The van der Waals surface area contributed by atoms with Crippen LogP contribution in [0.25, 0.3) is 87.0 Å². The van der Waals surface area contributed by atoms with Crippen molar-refractivity contribution in [2.24, 2.45) is 0 Å². The molecule has 0 amide bonds. The van der Waals surface area contributed by atoms with Gasteiger partial charge in [0.1, 0.15) is 0 Å². The Morgan fingerprint density at radius 3 is 1.69 bits per heavy atom. The molecule has 0 unspecified atom stereocenters. The average Bonchev–Trinajstić information content (AvgIpc) is 3.27. The van der Waals surface area contributed by atoms with Crippen LogP contribution in [0, 0.1) is 0 Å². The molecule has 0 fully saturated rings. The Kier molecular flexibility index (Phi) is 3.34. The number of nitrogens with zero attached hydrogens (tertiary/aromatic N) is 1. The standard InChI is InChI=1S/C35H19N/c1-3-9-22-20(7-1)14-16-26-27-17-15-21-8-2-4-10-23(21)33(27)35-29-19-30-24(13-6-18-36-30)25-11-5-12-28(31(25)29)34(35)32(22)26/h1-19H. The Morgan fingerprint density at radius 1 is 0.389 bits per heavy atom. The number of benzene rings is 7. The van der Waals surface area contributed by atoms with E-state index in [4.69, 9.17) is 4.98 Å². The molecule has 0 spiro atoms. The first-order chi connectivity index (χ1) is 17.9. The fourth-order valence-corrected chi connectivity index (χ4v) is 6.76. The van der Waals surface area contributed by atoms with Gasteiger partial charge in [0.25, 0.3) is 0 Å². The molecule has 1 heteroatoms. The van der Waals surface area contributed by atoms with Gasteiger partial charge in [-0.2, -0.15) is 0 Å². The Labute approximate surface area is 207 Å². The largest absolute Gasteiger partial charge is 0.256 e. The summed E-state index contributed by atoms with van der Waals surface area (Å²) in [6.07, 6.45) is 1.90. The van der Waals surface area contributed by atoms with Gasteiger partial charge in [0.2, 0.25) is 0 Å². The van der Waals surface area contributed by atoms with Gasteiger partial charge in [-0.1, -0.05) is 97.1 Å². The maximum Gasteiger partial charge on any atom is 0.0714 e. The fourth-order valence-electron chi connectivity index (χ4n) is 6.76. The Hall–Kier alpha value is -4.75. The highest BCUT2D eigenvalue weighted by Crippen LogP contribution is 2.56. The van der Waals surface area contributed by atoms with Crippen molar-refractivity contribution in [3.05, 3.63) is 115 Å². The minimum Gasteiger partial charge on any atom is -0.256 e. The molecule has 0 atom stereocenters. The molecule has 36 heavy (non-hydrogen) atoms. The van der Waals surface area contributed by atoms with Gasteiger partial charge in [0, 0.05) is 11.6 Å². The molecule has 164 valence electrons. The minimum absolute atomic E-state index is 1.05. The van der Waals surface area contributed by atoms with Crippen LogP contribution in [-0.4, -0.2) is 4.98 Å². The number of rotatable bonds is 0. The van der Waals surface area contributed by atoms with Gasteiger partial charge in [-0.15, -0.1) is 0 Å². The van der Waals surface area contributed by atoms with E-state index in [2.05, 4.69) is 103 Å². The summed E-state index contributed by atoms with van der Waals surface area (Å²) in [5, 5.41) is 14.4. The third-order valence-corrected chi connectivity index (χ3v) is 8.18. The van der Waals surface area contributed by atoms with Crippen LogP contribution in [0.3, 0.4) is 0 Å². The summed E-state index contributed by atoms with van der Waals surface area (Å²) in [7, 11) is 0.